The highest BCUT2D eigenvalue weighted by Gasteiger charge is 1.99. The quantitative estimate of drug-likeness (QED) is 0.534. The third kappa shape index (κ3) is 1.26. The summed E-state index contributed by atoms with van der Waals surface area (Å²) >= 11 is 0. The summed E-state index contributed by atoms with van der Waals surface area (Å²) < 4.78 is 0.839. The maximum atomic E-state index is 10.8. The Bertz CT molecular complexity index is 342. The monoisotopic (exact) mass is 153 g/mol. The van der Waals surface area contributed by atoms with Crippen LogP contribution in [0.25, 0.3) is 0 Å². The van der Waals surface area contributed by atoms with Gasteiger partial charge in [0, 0.05) is 11.8 Å². The molecular formula is C6H7N3O2. The van der Waals surface area contributed by atoms with E-state index < -0.39 is 5.69 Å². The van der Waals surface area contributed by atoms with Crippen LogP contribution in [0.2, 0.25) is 0 Å². The largest absolute Gasteiger partial charge is 0.383 e. The van der Waals surface area contributed by atoms with Crippen molar-refractivity contribution in [2.75, 3.05) is 5.73 Å². The summed E-state index contributed by atoms with van der Waals surface area (Å²) in [5, 5.41) is 0. The molecule has 5 nitrogen and oxygen atoms in total. The number of nitrogens with zero attached hydrogens (tertiary/aromatic N) is 2. The van der Waals surface area contributed by atoms with Crippen LogP contribution in [0.1, 0.15) is 5.56 Å². The zero-order valence-electron chi connectivity index (χ0n) is 5.94. The van der Waals surface area contributed by atoms with Crippen LogP contribution in [0.5, 0.6) is 0 Å². The summed E-state index contributed by atoms with van der Waals surface area (Å²) in [6.07, 6.45) is 1.74. The fourth-order valence-corrected chi connectivity index (χ4v) is 0.654. The lowest BCUT2D eigenvalue weighted by Crippen LogP contribution is -2.23. The molecule has 0 unspecified atom stereocenters. The third-order valence-electron chi connectivity index (χ3n) is 1.29. The molecule has 1 heterocycles. The molecule has 0 saturated heterocycles. The fourth-order valence-electron chi connectivity index (χ4n) is 0.654. The molecule has 58 valence electrons. The number of carbonyl (C=O) groups is 1. The number of nitrogen functional groups attached to an aromatic ring is 1. The lowest BCUT2D eigenvalue weighted by atomic mass is 10.3. The van der Waals surface area contributed by atoms with E-state index in [0.29, 0.717) is 12.0 Å². The molecule has 5 heteroatoms. The average molecular weight is 153 g/mol. The summed E-state index contributed by atoms with van der Waals surface area (Å²) in [6.45, 7) is 1.67. The zero-order valence-corrected chi connectivity index (χ0v) is 5.94. The Labute approximate surface area is 62.5 Å². The number of aromatic nitrogens is 2. The van der Waals surface area contributed by atoms with Crippen molar-refractivity contribution in [2.45, 2.75) is 6.92 Å². The van der Waals surface area contributed by atoms with Crippen LogP contribution >= 0.6 is 0 Å². The second-order valence-electron chi connectivity index (χ2n) is 2.10. The van der Waals surface area contributed by atoms with Crippen LogP contribution in [0.4, 0.5) is 5.82 Å². The smallest absolute Gasteiger partial charge is 0.356 e. The van der Waals surface area contributed by atoms with Gasteiger partial charge in [0.05, 0.1) is 0 Å². The van der Waals surface area contributed by atoms with Gasteiger partial charge in [0.1, 0.15) is 5.82 Å². The molecule has 0 aliphatic heterocycles. The highest BCUT2D eigenvalue weighted by molar-refractivity contribution is 5.53. The number of anilines is 1. The number of carbonyl (C=O) groups excluding carboxylic acids is 1. The standard InChI is InChI=1S/C6H7N3O2/c1-4-2-9(3-10)6(11)8-5(4)7/h2-3H,1H3,(H2,7,8,11). The van der Waals surface area contributed by atoms with Gasteiger partial charge >= 0.3 is 5.69 Å². The van der Waals surface area contributed by atoms with Gasteiger partial charge in [0.15, 0.2) is 0 Å². The first-order valence-corrected chi connectivity index (χ1v) is 2.95. The molecule has 1 aromatic heterocycles. The summed E-state index contributed by atoms with van der Waals surface area (Å²) in [6, 6.07) is 0. The Morgan fingerprint density at radius 1 is 1.73 bits per heavy atom. The fraction of sp³-hybridized carbons (Fsp3) is 0.167. The van der Waals surface area contributed by atoms with E-state index in [0.717, 1.165) is 4.57 Å². The lowest BCUT2D eigenvalue weighted by molar-refractivity contribution is 0.544. The number of hydrogen-bond donors (Lipinski definition) is 1. The third-order valence-corrected chi connectivity index (χ3v) is 1.29. The van der Waals surface area contributed by atoms with Crippen molar-refractivity contribution in [3.63, 3.8) is 0 Å². The maximum Gasteiger partial charge on any atom is 0.356 e. The molecular weight excluding hydrogens is 146 g/mol. The van der Waals surface area contributed by atoms with Gasteiger partial charge < -0.3 is 5.73 Å². The van der Waals surface area contributed by atoms with Gasteiger partial charge in [-0.25, -0.2) is 9.36 Å². The predicted octanol–water partition coefficient (Wildman–Crippen LogP) is -0.828. The van der Waals surface area contributed by atoms with Crippen molar-refractivity contribution < 1.29 is 4.79 Å². The maximum absolute atomic E-state index is 10.8. The van der Waals surface area contributed by atoms with Gasteiger partial charge in [0.2, 0.25) is 6.41 Å². The minimum atomic E-state index is -0.650. The Morgan fingerprint density at radius 3 is 2.91 bits per heavy atom. The number of rotatable bonds is 1. The molecule has 0 bridgehead atoms. The molecule has 0 radical (unpaired) electrons. The van der Waals surface area contributed by atoms with E-state index in [1.54, 1.807) is 6.92 Å². The molecule has 0 atom stereocenters. The van der Waals surface area contributed by atoms with Gasteiger partial charge in [-0.15, -0.1) is 0 Å². The van der Waals surface area contributed by atoms with Crippen molar-refractivity contribution in [1.82, 2.24) is 9.55 Å². The second-order valence-corrected chi connectivity index (χ2v) is 2.10. The molecule has 1 rings (SSSR count). The Morgan fingerprint density at radius 2 is 2.36 bits per heavy atom. The van der Waals surface area contributed by atoms with Crippen molar-refractivity contribution in [3.8, 4) is 0 Å². The van der Waals surface area contributed by atoms with Crippen LogP contribution in [0.15, 0.2) is 11.0 Å². The molecule has 0 aliphatic rings. The highest BCUT2D eigenvalue weighted by atomic mass is 16.2. The average Bonchev–Trinajstić information content (AvgIpc) is 1.97. The van der Waals surface area contributed by atoms with Crippen molar-refractivity contribution >= 4 is 12.2 Å². The normalized spacial score (nSPS) is 9.55. The molecule has 1 aromatic rings. The minimum Gasteiger partial charge on any atom is -0.383 e. The summed E-state index contributed by atoms with van der Waals surface area (Å²) in [7, 11) is 0. The highest BCUT2D eigenvalue weighted by Crippen LogP contribution is 1.99. The first-order valence-electron chi connectivity index (χ1n) is 2.95. The van der Waals surface area contributed by atoms with E-state index in [2.05, 4.69) is 4.98 Å². The van der Waals surface area contributed by atoms with E-state index in [9.17, 15) is 9.59 Å². The molecule has 0 aliphatic carbocycles. The Hall–Kier alpha value is -1.65. The number of nitrogens with two attached hydrogens (primary N) is 1. The van der Waals surface area contributed by atoms with Crippen LogP contribution in [-0.4, -0.2) is 16.0 Å². The van der Waals surface area contributed by atoms with Gasteiger partial charge in [0.25, 0.3) is 0 Å². The second kappa shape index (κ2) is 2.53. The van der Waals surface area contributed by atoms with Gasteiger partial charge in [-0.1, -0.05) is 0 Å². The van der Waals surface area contributed by atoms with Gasteiger partial charge in [-0.05, 0) is 6.92 Å². The molecule has 0 saturated carbocycles. The van der Waals surface area contributed by atoms with E-state index in [4.69, 9.17) is 5.73 Å². The Balaban J connectivity index is 3.44. The van der Waals surface area contributed by atoms with Crippen molar-refractivity contribution in [1.29, 1.82) is 0 Å². The van der Waals surface area contributed by atoms with Gasteiger partial charge in [-0.2, -0.15) is 4.98 Å². The SMILES string of the molecule is Cc1cn(C=O)c(=O)nc1N. The van der Waals surface area contributed by atoms with E-state index in [-0.39, 0.29) is 5.82 Å². The molecule has 0 spiro atoms. The molecule has 11 heavy (non-hydrogen) atoms. The van der Waals surface area contributed by atoms with Crippen LogP contribution in [-0.2, 0) is 4.79 Å². The van der Waals surface area contributed by atoms with Crippen LogP contribution < -0.4 is 11.4 Å². The molecule has 0 amide bonds. The van der Waals surface area contributed by atoms with E-state index in [1.807, 2.05) is 0 Å². The first-order chi connectivity index (χ1) is 5.15. The van der Waals surface area contributed by atoms with Crippen LogP contribution in [0, 0.1) is 6.92 Å². The summed E-state index contributed by atoms with van der Waals surface area (Å²) in [4.78, 5) is 24.3. The topological polar surface area (TPSA) is 78.0 Å². The number of hydrogen-bond acceptors (Lipinski definition) is 4. The molecule has 0 fully saturated rings. The van der Waals surface area contributed by atoms with E-state index in [1.165, 1.54) is 6.20 Å². The van der Waals surface area contributed by atoms with Crippen LogP contribution in [0.3, 0.4) is 0 Å². The predicted molar refractivity (Wildman–Crippen MR) is 39.8 cm³/mol. The Kier molecular flexibility index (Phi) is 1.72. The van der Waals surface area contributed by atoms with Crippen molar-refractivity contribution in [3.05, 3.63) is 22.2 Å². The zero-order chi connectivity index (χ0) is 8.43. The van der Waals surface area contributed by atoms with E-state index >= 15 is 0 Å². The van der Waals surface area contributed by atoms with Gasteiger partial charge in [-0.3, -0.25) is 4.79 Å². The lowest BCUT2D eigenvalue weighted by Gasteiger charge is -1.98. The minimum absolute atomic E-state index is 0.160. The van der Waals surface area contributed by atoms with Crippen molar-refractivity contribution in [2.24, 2.45) is 0 Å². The summed E-state index contributed by atoms with van der Waals surface area (Å²) in [5.74, 6) is 0.160. The molecule has 2 N–H and O–H groups in total. The number of aryl methyl sites for hydroxylation is 1. The summed E-state index contributed by atoms with van der Waals surface area (Å²) in [5.41, 5.74) is 5.26. The first kappa shape index (κ1) is 7.46. The molecule has 0 aromatic carbocycles.